The number of benzene rings is 2. The molecule has 0 aliphatic rings. The van der Waals surface area contributed by atoms with Crippen molar-refractivity contribution >= 4 is 40.6 Å². The van der Waals surface area contributed by atoms with Gasteiger partial charge in [-0.05, 0) is 35.9 Å². The van der Waals surface area contributed by atoms with Crippen LogP contribution in [0.1, 0.15) is 5.56 Å². The van der Waals surface area contributed by atoms with Crippen LogP contribution in [-0.4, -0.2) is 12.4 Å². The predicted molar refractivity (Wildman–Crippen MR) is 82.1 cm³/mol. The van der Waals surface area contributed by atoms with Gasteiger partial charge in [0.05, 0.1) is 0 Å². The van der Waals surface area contributed by atoms with Crippen LogP contribution in [0.4, 0.5) is 0 Å². The van der Waals surface area contributed by atoms with E-state index in [0.29, 0.717) is 20.8 Å². The molecule has 0 aliphatic heterocycles. The Morgan fingerprint density at radius 3 is 2.45 bits per heavy atom. The van der Waals surface area contributed by atoms with Crippen LogP contribution in [0.3, 0.4) is 0 Å². The normalized spacial score (nSPS) is 10.3. The number of ketones is 1. The van der Waals surface area contributed by atoms with Crippen LogP contribution in [0.5, 0.6) is 5.75 Å². The molecule has 5 heteroatoms. The Morgan fingerprint density at radius 2 is 1.75 bits per heavy atom. The molecule has 2 aromatic carbocycles. The van der Waals surface area contributed by atoms with E-state index in [2.05, 4.69) is 0 Å². The molecule has 104 valence electrons. The molecule has 2 aromatic rings. The fourth-order valence-electron chi connectivity index (χ4n) is 1.65. The van der Waals surface area contributed by atoms with Crippen LogP contribution < -0.4 is 4.74 Å². The van der Waals surface area contributed by atoms with Crippen LogP contribution in [0, 0.1) is 0 Å². The quantitative estimate of drug-likeness (QED) is 0.785. The monoisotopic (exact) mass is 328 g/mol. The van der Waals surface area contributed by atoms with Crippen LogP contribution in [0.15, 0.2) is 42.5 Å². The number of rotatable bonds is 5. The summed E-state index contributed by atoms with van der Waals surface area (Å²) < 4.78 is 5.38. The number of hydrogen-bond donors (Lipinski definition) is 0. The summed E-state index contributed by atoms with van der Waals surface area (Å²) in [4.78, 5) is 11.9. The summed E-state index contributed by atoms with van der Waals surface area (Å²) in [5, 5.41) is 1.59. The molecule has 0 bridgehead atoms. The Labute approximate surface area is 132 Å². The zero-order chi connectivity index (χ0) is 14.5. The van der Waals surface area contributed by atoms with Crippen LogP contribution in [0.25, 0.3) is 0 Å². The molecule has 0 amide bonds. The van der Waals surface area contributed by atoms with Crippen LogP contribution in [-0.2, 0) is 11.2 Å². The van der Waals surface area contributed by atoms with Crippen LogP contribution in [0.2, 0.25) is 15.1 Å². The van der Waals surface area contributed by atoms with Crippen molar-refractivity contribution in [3.63, 3.8) is 0 Å². The first-order valence-corrected chi connectivity index (χ1v) is 7.02. The number of Topliss-reactive ketones (excluding diaryl/α,β-unsaturated/α-hetero) is 1. The van der Waals surface area contributed by atoms with Crippen molar-refractivity contribution in [1.82, 2.24) is 0 Å². The van der Waals surface area contributed by atoms with E-state index in [0.717, 1.165) is 5.56 Å². The Morgan fingerprint density at radius 1 is 1.00 bits per heavy atom. The number of carbonyl (C=O) groups excluding carboxylic acids is 1. The zero-order valence-electron chi connectivity index (χ0n) is 10.4. The Kier molecular flexibility index (Phi) is 5.30. The van der Waals surface area contributed by atoms with Gasteiger partial charge in [-0.1, -0.05) is 46.9 Å². The second kappa shape index (κ2) is 6.98. The van der Waals surface area contributed by atoms with E-state index in [1.807, 2.05) is 0 Å². The molecule has 0 saturated carbocycles. The lowest BCUT2D eigenvalue weighted by Crippen LogP contribution is -2.14. The highest BCUT2D eigenvalue weighted by Crippen LogP contribution is 2.22. The summed E-state index contributed by atoms with van der Waals surface area (Å²) in [6.45, 7) is -0.0285. The van der Waals surface area contributed by atoms with E-state index in [9.17, 15) is 4.79 Å². The van der Waals surface area contributed by atoms with E-state index < -0.39 is 0 Å². The summed E-state index contributed by atoms with van der Waals surface area (Å²) in [5.41, 5.74) is 0.732. The summed E-state index contributed by atoms with van der Waals surface area (Å²) in [6, 6.07) is 12.0. The molecule has 0 aromatic heterocycles. The van der Waals surface area contributed by atoms with Crippen molar-refractivity contribution < 1.29 is 9.53 Å². The maximum atomic E-state index is 11.9. The lowest BCUT2D eigenvalue weighted by atomic mass is 10.1. The minimum absolute atomic E-state index is 0.0285. The van der Waals surface area contributed by atoms with Gasteiger partial charge in [0.2, 0.25) is 0 Å². The van der Waals surface area contributed by atoms with Gasteiger partial charge in [0.25, 0.3) is 0 Å². The maximum absolute atomic E-state index is 11.9. The molecule has 0 atom stereocenters. The van der Waals surface area contributed by atoms with Gasteiger partial charge in [0.1, 0.15) is 12.4 Å². The summed E-state index contributed by atoms with van der Waals surface area (Å²) in [5.74, 6) is 0.488. The molecular weight excluding hydrogens is 319 g/mol. The fourth-order valence-corrected chi connectivity index (χ4v) is 2.30. The molecule has 0 saturated heterocycles. The molecular formula is C15H11Cl3O2. The average molecular weight is 330 g/mol. The molecule has 20 heavy (non-hydrogen) atoms. The number of ether oxygens (including phenoxy) is 1. The third-order valence-electron chi connectivity index (χ3n) is 2.60. The van der Waals surface area contributed by atoms with E-state index in [4.69, 9.17) is 39.5 Å². The largest absolute Gasteiger partial charge is 0.486 e. The van der Waals surface area contributed by atoms with Crippen LogP contribution >= 0.6 is 34.8 Å². The van der Waals surface area contributed by atoms with Gasteiger partial charge in [-0.2, -0.15) is 0 Å². The SMILES string of the molecule is O=C(COc1cccc(Cl)c1)Cc1ccc(Cl)cc1Cl. The standard InChI is InChI=1S/C15H11Cl3O2/c16-11-2-1-3-14(7-11)20-9-13(19)6-10-4-5-12(17)8-15(10)18/h1-5,7-8H,6,9H2. The average Bonchev–Trinajstić information content (AvgIpc) is 2.40. The Hall–Kier alpha value is -1.22. The molecule has 0 N–H and O–H groups in total. The van der Waals surface area contributed by atoms with E-state index in [-0.39, 0.29) is 18.8 Å². The van der Waals surface area contributed by atoms with Crippen molar-refractivity contribution in [3.8, 4) is 5.75 Å². The van der Waals surface area contributed by atoms with E-state index >= 15 is 0 Å². The highest BCUT2D eigenvalue weighted by atomic mass is 35.5. The maximum Gasteiger partial charge on any atom is 0.174 e. The highest BCUT2D eigenvalue weighted by Gasteiger charge is 2.09. The summed E-state index contributed by atoms with van der Waals surface area (Å²) >= 11 is 17.7. The molecule has 0 radical (unpaired) electrons. The second-order valence-corrected chi connectivity index (χ2v) is 5.48. The third kappa shape index (κ3) is 4.41. The van der Waals surface area contributed by atoms with Gasteiger partial charge < -0.3 is 4.74 Å². The van der Waals surface area contributed by atoms with Crippen molar-refractivity contribution in [1.29, 1.82) is 0 Å². The van der Waals surface area contributed by atoms with Crippen molar-refractivity contribution in [2.24, 2.45) is 0 Å². The van der Waals surface area contributed by atoms with Crippen molar-refractivity contribution in [2.75, 3.05) is 6.61 Å². The predicted octanol–water partition coefficient (Wildman–Crippen LogP) is 4.84. The smallest absolute Gasteiger partial charge is 0.174 e. The first-order valence-electron chi connectivity index (χ1n) is 5.88. The molecule has 0 fully saturated rings. The van der Waals surface area contributed by atoms with Gasteiger partial charge in [-0.3, -0.25) is 4.79 Å². The zero-order valence-corrected chi connectivity index (χ0v) is 12.7. The molecule has 2 nitrogen and oxygen atoms in total. The minimum Gasteiger partial charge on any atom is -0.486 e. The van der Waals surface area contributed by atoms with Gasteiger partial charge in [0, 0.05) is 21.5 Å². The first-order chi connectivity index (χ1) is 9.54. The fraction of sp³-hybridized carbons (Fsp3) is 0.133. The highest BCUT2D eigenvalue weighted by molar-refractivity contribution is 6.35. The Balaban J connectivity index is 1.92. The minimum atomic E-state index is -0.0748. The third-order valence-corrected chi connectivity index (χ3v) is 3.42. The number of hydrogen-bond acceptors (Lipinski definition) is 2. The second-order valence-electron chi connectivity index (χ2n) is 4.20. The summed E-state index contributed by atoms with van der Waals surface area (Å²) in [6.07, 6.45) is 0.205. The Bertz CT molecular complexity index is 626. The number of carbonyl (C=O) groups is 1. The molecule has 0 unspecified atom stereocenters. The van der Waals surface area contributed by atoms with Crippen molar-refractivity contribution in [2.45, 2.75) is 6.42 Å². The molecule has 0 heterocycles. The van der Waals surface area contributed by atoms with E-state index in [1.165, 1.54) is 0 Å². The van der Waals surface area contributed by atoms with Gasteiger partial charge >= 0.3 is 0 Å². The topological polar surface area (TPSA) is 26.3 Å². The lowest BCUT2D eigenvalue weighted by molar-refractivity contribution is -0.120. The summed E-state index contributed by atoms with van der Waals surface area (Å²) in [7, 11) is 0. The van der Waals surface area contributed by atoms with Gasteiger partial charge in [-0.25, -0.2) is 0 Å². The van der Waals surface area contributed by atoms with Gasteiger partial charge in [0.15, 0.2) is 5.78 Å². The first kappa shape index (κ1) is 15.2. The number of halogens is 3. The van der Waals surface area contributed by atoms with Gasteiger partial charge in [-0.15, -0.1) is 0 Å². The lowest BCUT2D eigenvalue weighted by Gasteiger charge is -2.07. The molecule has 0 aliphatic carbocycles. The van der Waals surface area contributed by atoms with Crippen molar-refractivity contribution in [3.05, 3.63) is 63.1 Å². The molecule has 0 spiro atoms. The molecule has 2 rings (SSSR count). The van der Waals surface area contributed by atoms with E-state index in [1.54, 1.807) is 42.5 Å².